The van der Waals surface area contributed by atoms with Gasteiger partial charge in [0.15, 0.2) is 12.4 Å². The van der Waals surface area contributed by atoms with Crippen molar-refractivity contribution in [3.8, 4) is 0 Å². The summed E-state index contributed by atoms with van der Waals surface area (Å²) in [5.41, 5.74) is 1.39. The highest BCUT2D eigenvalue weighted by atomic mass is 35.7. The molecule has 0 amide bonds. The second kappa shape index (κ2) is 13.0. The van der Waals surface area contributed by atoms with E-state index in [1.165, 1.54) is 0 Å². The van der Waals surface area contributed by atoms with Crippen molar-refractivity contribution < 1.29 is 43.0 Å². The molecule has 0 aliphatic heterocycles. The first kappa shape index (κ1) is 26.4. The number of halogens is 1. The Labute approximate surface area is 196 Å². The van der Waals surface area contributed by atoms with Gasteiger partial charge in [-0.25, -0.2) is 23.4 Å². The zero-order chi connectivity index (χ0) is 24.2. The van der Waals surface area contributed by atoms with Crippen LogP contribution in [0.1, 0.15) is 30.9 Å². The molecule has 0 radical (unpaired) electrons. The summed E-state index contributed by atoms with van der Waals surface area (Å²) in [5, 5.41) is 0. The van der Waals surface area contributed by atoms with Gasteiger partial charge in [0, 0.05) is 25.0 Å². The summed E-state index contributed by atoms with van der Waals surface area (Å²) >= 11 is 0. The number of esters is 1. The predicted molar refractivity (Wildman–Crippen MR) is 111 cm³/mol. The number of hydrogen-bond donors (Lipinski definition) is 0. The van der Waals surface area contributed by atoms with Crippen LogP contribution in [0.15, 0.2) is 91.3 Å². The molecule has 176 valence electrons. The molecule has 7 nitrogen and oxygen atoms in total. The van der Waals surface area contributed by atoms with Gasteiger partial charge in [0.1, 0.15) is 0 Å². The number of nitrogens with zero attached hydrogens (tertiary/aromatic N) is 1. The van der Waals surface area contributed by atoms with Crippen molar-refractivity contribution in [3.63, 3.8) is 0 Å². The van der Waals surface area contributed by atoms with Crippen molar-refractivity contribution in [2.24, 2.45) is 0 Å². The fraction of sp³-hybridized carbons (Fsp3) is 0.280. The van der Waals surface area contributed by atoms with Gasteiger partial charge in [-0.3, -0.25) is 0 Å². The Kier molecular flexibility index (Phi) is 10.4. The number of ether oxygens (including phenoxy) is 1. The van der Waals surface area contributed by atoms with E-state index in [1.807, 2.05) is 71.6 Å². The molecule has 0 bridgehead atoms. The van der Waals surface area contributed by atoms with Crippen LogP contribution in [0.5, 0.6) is 0 Å². The molecule has 1 aromatic heterocycles. The van der Waals surface area contributed by atoms with Crippen molar-refractivity contribution in [2.45, 2.75) is 38.1 Å². The number of carbonyl (C=O) groups is 1. The van der Waals surface area contributed by atoms with E-state index in [4.69, 9.17) is 23.4 Å². The first-order valence-electron chi connectivity index (χ1n) is 10.6. The average molecular weight is 474 g/mol. The number of aromatic nitrogens is 1. The minimum Gasteiger partial charge on any atom is -0.461 e. The highest BCUT2D eigenvalue weighted by Gasteiger charge is 2.49. The van der Waals surface area contributed by atoms with Crippen LogP contribution in [0, 0.1) is 10.2 Å². The predicted octanol–water partition coefficient (Wildman–Crippen LogP) is -0.258. The summed E-state index contributed by atoms with van der Waals surface area (Å²) in [6, 6.07) is 26.2. The molecule has 1 heterocycles. The normalized spacial score (nSPS) is 11.3. The van der Waals surface area contributed by atoms with Crippen molar-refractivity contribution in [1.82, 2.24) is 0 Å². The Balaban J connectivity index is 0.000000696. The molecule has 2 aromatic carbocycles. The highest BCUT2D eigenvalue weighted by molar-refractivity contribution is 5.77. The quantitative estimate of drug-likeness (QED) is 0.240. The first-order chi connectivity index (χ1) is 15.7. The Morgan fingerprint density at radius 1 is 0.818 bits per heavy atom. The zero-order valence-electron chi connectivity index (χ0n) is 18.5. The first-order valence-corrected chi connectivity index (χ1v) is 11.8. The molecule has 0 saturated carbocycles. The Bertz CT molecular complexity index is 901. The monoisotopic (exact) mass is 473 g/mol. The molecular weight excluding hydrogens is 446 g/mol. The molecule has 8 heteroatoms. The maximum absolute atomic E-state index is 13.5. The maximum atomic E-state index is 13.5. The molecule has 0 aliphatic carbocycles. The SMILES string of the molecule is CCCCOC(=O)C(Cc1ccccc1)(Cc1ccccc1)[n+]1ccccc1.[O-][Cl+3]([O-])([O-])[O-]. The summed E-state index contributed by atoms with van der Waals surface area (Å²) in [5.74, 6) is -0.176. The van der Waals surface area contributed by atoms with Gasteiger partial charge in [-0.05, 0) is 17.5 Å². The lowest BCUT2D eigenvalue weighted by molar-refractivity contribution is -2.00. The van der Waals surface area contributed by atoms with E-state index in [2.05, 4.69) is 31.2 Å². The van der Waals surface area contributed by atoms with Gasteiger partial charge in [0.25, 0.3) is 5.54 Å². The topological polar surface area (TPSA) is 122 Å². The highest BCUT2D eigenvalue weighted by Crippen LogP contribution is 2.24. The Hall–Kier alpha value is -2.81. The number of rotatable bonds is 9. The minimum absolute atomic E-state index is 0.176. The Morgan fingerprint density at radius 3 is 1.67 bits per heavy atom. The number of unbranched alkanes of at least 4 members (excludes halogenated alkanes) is 1. The van der Waals surface area contributed by atoms with E-state index in [0.717, 1.165) is 24.0 Å². The minimum atomic E-state index is -4.94. The van der Waals surface area contributed by atoms with E-state index in [1.54, 1.807) is 0 Å². The second-order valence-corrected chi connectivity index (χ2v) is 8.26. The maximum Gasteiger partial charge on any atom is 0.379 e. The van der Waals surface area contributed by atoms with E-state index in [-0.39, 0.29) is 5.97 Å². The summed E-state index contributed by atoms with van der Waals surface area (Å²) in [6.45, 7) is 2.55. The zero-order valence-corrected chi connectivity index (χ0v) is 19.2. The third-order valence-electron chi connectivity index (χ3n) is 5.00. The van der Waals surface area contributed by atoms with Crippen LogP contribution in [-0.2, 0) is 27.9 Å². The number of pyridine rings is 1. The summed E-state index contributed by atoms with van der Waals surface area (Å²) in [7, 11) is -4.94. The van der Waals surface area contributed by atoms with Gasteiger partial charge < -0.3 is 4.74 Å². The number of benzene rings is 2. The lowest BCUT2D eigenvalue weighted by Crippen LogP contribution is -2.68. The Morgan fingerprint density at radius 2 is 1.24 bits per heavy atom. The molecule has 0 saturated heterocycles. The van der Waals surface area contributed by atoms with Crippen LogP contribution >= 0.6 is 0 Å². The number of hydrogen-bond acceptors (Lipinski definition) is 6. The molecule has 0 spiro atoms. The van der Waals surface area contributed by atoms with Crippen LogP contribution in [0.2, 0.25) is 0 Å². The molecule has 0 aliphatic rings. The van der Waals surface area contributed by atoms with Crippen LogP contribution in [-0.4, -0.2) is 12.6 Å². The third kappa shape index (κ3) is 9.29. The van der Waals surface area contributed by atoms with Crippen LogP contribution in [0.25, 0.3) is 0 Å². The van der Waals surface area contributed by atoms with E-state index < -0.39 is 15.8 Å². The lowest BCUT2D eigenvalue weighted by Gasteiger charge is -2.27. The van der Waals surface area contributed by atoms with Crippen LogP contribution < -0.4 is 23.2 Å². The second-order valence-electron chi connectivity index (χ2n) is 7.51. The molecule has 3 rings (SSSR count). The molecular formula is C25H28ClNO6. The van der Waals surface area contributed by atoms with E-state index >= 15 is 0 Å². The van der Waals surface area contributed by atoms with Gasteiger partial charge in [0.05, 0.1) is 6.61 Å². The van der Waals surface area contributed by atoms with Crippen LogP contribution in [0.4, 0.5) is 0 Å². The average Bonchev–Trinajstić information content (AvgIpc) is 2.79. The fourth-order valence-corrected chi connectivity index (χ4v) is 3.49. The summed E-state index contributed by atoms with van der Waals surface area (Å²) in [4.78, 5) is 13.5. The standard InChI is InChI=1S/C25H28NO2.ClHO4/c1-2-3-19-28-24(27)25(26-17-11-6-12-18-26,20-22-13-7-4-8-14-22)21-23-15-9-5-10-16-23;2-1(3,4)5/h4-18H,2-3,19-21H2,1H3;(H,2,3,4,5)/q+1;/p-1. The van der Waals surface area contributed by atoms with Gasteiger partial charge in [-0.1, -0.05) is 80.1 Å². The smallest absolute Gasteiger partial charge is 0.379 e. The largest absolute Gasteiger partial charge is 0.461 e. The van der Waals surface area contributed by atoms with E-state index in [9.17, 15) is 4.79 Å². The molecule has 0 N–H and O–H groups in total. The van der Waals surface area contributed by atoms with Crippen molar-refractivity contribution in [3.05, 3.63) is 102 Å². The summed E-state index contributed by atoms with van der Waals surface area (Å²) < 4.78 is 41.8. The molecule has 33 heavy (non-hydrogen) atoms. The fourth-order valence-electron chi connectivity index (χ4n) is 3.49. The van der Waals surface area contributed by atoms with Crippen LogP contribution in [0.3, 0.4) is 0 Å². The van der Waals surface area contributed by atoms with Crippen molar-refractivity contribution in [2.75, 3.05) is 6.61 Å². The van der Waals surface area contributed by atoms with Gasteiger partial charge >= 0.3 is 5.97 Å². The summed E-state index contributed by atoms with van der Waals surface area (Å²) in [6.07, 6.45) is 6.94. The third-order valence-corrected chi connectivity index (χ3v) is 5.00. The van der Waals surface area contributed by atoms with Crippen molar-refractivity contribution in [1.29, 1.82) is 0 Å². The molecule has 0 unspecified atom stereocenters. The molecule has 0 fully saturated rings. The number of carbonyl (C=O) groups excluding carboxylic acids is 1. The molecule has 3 aromatic rings. The van der Waals surface area contributed by atoms with Gasteiger partial charge in [-0.2, -0.15) is 4.57 Å². The van der Waals surface area contributed by atoms with Gasteiger partial charge in [0.2, 0.25) is 0 Å². The molecule has 0 atom stereocenters. The van der Waals surface area contributed by atoms with Crippen molar-refractivity contribution >= 4 is 5.97 Å². The van der Waals surface area contributed by atoms with E-state index in [0.29, 0.717) is 19.4 Å². The van der Waals surface area contributed by atoms with Gasteiger partial charge in [-0.15, -0.1) is 10.2 Å². The lowest BCUT2D eigenvalue weighted by atomic mass is 9.84.